The average molecular weight is 425 g/mol. The van der Waals surface area contributed by atoms with Gasteiger partial charge in [0.1, 0.15) is 11.5 Å². The number of piperidine rings is 1. The van der Waals surface area contributed by atoms with E-state index in [0.29, 0.717) is 19.4 Å². The molecule has 30 heavy (non-hydrogen) atoms. The summed E-state index contributed by atoms with van der Waals surface area (Å²) in [7, 11) is 1.63. The van der Waals surface area contributed by atoms with Gasteiger partial charge in [-0.05, 0) is 48.2 Å². The van der Waals surface area contributed by atoms with Crippen molar-refractivity contribution in [2.75, 3.05) is 20.2 Å². The minimum absolute atomic E-state index is 0.126. The first-order chi connectivity index (χ1) is 14.6. The number of hydrogen-bond donors (Lipinski definition) is 0. The fourth-order valence-corrected chi connectivity index (χ4v) is 4.00. The first-order valence-electron chi connectivity index (χ1n) is 10.2. The summed E-state index contributed by atoms with van der Waals surface area (Å²) in [6.45, 7) is 1.42. The Morgan fingerprint density at radius 2 is 2.07 bits per heavy atom. The number of hydrogen-bond acceptors (Lipinski definition) is 4. The first kappa shape index (κ1) is 20.5. The second-order valence-electron chi connectivity index (χ2n) is 7.68. The van der Waals surface area contributed by atoms with E-state index in [1.54, 1.807) is 13.3 Å². The number of methoxy groups -OCH3 is 1. The summed E-state index contributed by atoms with van der Waals surface area (Å²) < 4.78 is 11.3. The van der Waals surface area contributed by atoms with Gasteiger partial charge in [0.25, 0.3) is 0 Å². The van der Waals surface area contributed by atoms with E-state index < -0.39 is 0 Å². The summed E-state index contributed by atoms with van der Waals surface area (Å²) in [6, 6.07) is 15.4. The molecule has 0 bridgehead atoms. The van der Waals surface area contributed by atoms with Gasteiger partial charge in [0.05, 0.1) is 25.6 Å². The van der Waals surface area contributed by atoms with Crippen molar-refractivity contribution in [1.82, 2.24) is 9.88 Å². The third-order valence-electron chi connectivity index (χ3n) is 5.48. The number of nitrogens with zero attached hydrogens (tertiary/aromatic N) is 2. The summed E-state index contributed by atoms with van der Waals surface area (Å²) >= 11 is 5.95. The molecule has 156 valence electrons. The SMILES string of the molecule is COc1cccc(CC(=O)N2CCCC(c3ncc(Cc4ccc(Cl)cc4)o3)C2)c1. The Bertz CT molecular complexity index is 1000. The van der Waals surface area contributed by atoms with Gasteiger partial charge in [0.15, 0.2) is 5.89 Å². The maximum absolute atomic E-state index is 12.8. The maximum atomic E-state index is 12.8. The lowest BCUT2D eigenvalue weighted by atomic mass is 9.97. The maximum Gasteiger partial charge on any atom is 0.227 e. The molecule has 5 nitrogen and oxygen atoms in total. The van der Waals surface area contributed by atoms with Crippen molar-refractivity contribution in [2.24, 2.45) is 0 Å². The van der Waals surface area contributed by atoms with Crippen LogP contribution < -0.4 is 4.74 Å². The third kappa shape index (κ3) is 5.03. The fraction of sp³-hybridized carbons (Fsp3) is 0.333. The molecule has 1 amide bonds. The van der Waals surface area contributed by atoms with Crippen LogP contribution in [0.15, 0.2) is 59.1 Å². The van der Waals surface area contributed by atoms with Gasteiger partial charge in [-0.15, -0.1) is 0 Å². The van der Waals surface area contributed by atoms with Crippen LogP contribution in [-0.2, 0) is 17.6 Å². The summed E-state index contributed by atoms with van der Waals surface area (Å²) in [5.74, 6) is 2.57. The van der Waals surface area contributed by atoms with Gasteiger partial charge in [-0.1, -0.05) is 35.9 Å². The highest BCUT2D eigenvalue weighted by molar-refractivity contribution is 6.30. The zero-order valence-electron chi connectivity index (χ0n) is 17.0. The molecule has 2 aromatic carbocycles. The highest BCUT2D eigenvalue weighted by Gasteiger charge is 2.28. The van der Waals surface area contributed by atoms with E-state index in [1.165, 1.54) is 0 Å². The molecular weight excluding hydrogens is 400 g/mol. The Hall–Kier alpha value is -2.79. The summed E-state index contributed by atoms with van der Waals surface area (Å²) in [4.78, 5) is 19.3. The van der Waals surface area contributed by atoms with Gasteiger partial charge in [0, 0.05) is 24.5 Å². The number of rotatable bonds is 6. The molecule has 1 aliphatic rings. The van der Waals surface area contributed by atoms with Gasteiger partial charge in [0.2, 0.25) is 5.91 Å². The van der Waals surface area contributed by atoms with E-state index >= 15 is 0 Å². The third-order valence-corrected chi connectivity index (χ3v) is 5.73. The molecule has 4 rings (SSSR count). The molecule has 1 atom stereocenters. The molecule has 0 N–H and O–H groups in total. The number of likely N-dealkylation sites (tertiary alicyclic amines) is 1. The molecule has 1 aromatic heterocycles. The Balaban J connectivity index is 1.38. The van der Waals surface area contributed by atoms with Crippen molar-refractivity contribution < 1.29 is 13.9 Å². The molecule has 1 fully saturated rings. The van der Waals surface area contributed by atoms with Crippen LogP contribution >= 0.6 is 11.6 Å². The normalized spacial score (nSPS) is 16.5. The molecular formula is C24H25ClN2O3. The first-order valence-corrected chi connectivity index (χ1v) is 10.6. The average Bonchev–Trinajstić information content (AvgIpc) is 3.24. The zero-order valence-corrected chi connectivity index (χ0v) is 17.8. The quantitative estimate of drug-likeness (QED) is 0.566. The van der Waals surface area contributed by atoms with Crippen LogP contribution in [0.2, 0.25) is 5.02 Å². The highest BCUT2D eigenvalue weighted by Crippen LogP contribution is 2.28. The van der Waals surface area contributed by atoms with Crippen LogP contribution in [0.3, 0.4) is 0 Å². The predicted molar refractivity (Wildman–Crippen MR) is 116 cm³/mol. The van der Waals surface area contributed by atoms with E-state index in [9.17, 15) is 4.79 Å². The van der Waals surface area contributed by atoms with E-state index in [-0.39, 0.29) is 11.8 Å². The summed E-state index contributed by atoms with van der Waals surface area (Å²) in [5.41, 5.74) is 2.09. The van der Waals surface area contributed by atoms with Crippen molar-refractivity contribution in [2.45, 2.75) is 31.6 Å². The Kier molecular flexibility index (Phi) is 6.38. The molecule has 1 unspecified atom stereocenters. The number of aromatic nitrogens is 1. The van der Waals surface area contributed by atoms with Gasteiger partial charge in [-0.3, -0.25) is 4.79 Å². The topological polar surface area (TPSA) is 55.6 Å². The number of halogens is 1. The molecule has 3 aromatic rings. The molecule has 6 heteroatoms. The highest BCUT2D eigenvalue weighted by atomic mass is 35.5. The second-order valence-corrected chi connectivity index (χ2v) is 8.11. The number of benzene rings is 2. The standard InChI is InChI=1S/C24H25ClN2O3/c1-29-21-6-2-4-18(13-21)14-23(28)27-11-3-5-19(16-27)24-26-15-22(30-24)12-17-7-9-20(25)10-8-17/h2,4,6-10,13,15,19H,3,5,11-12,14,16H2,1H3. The number of ether oxygens (including phenoxy) is 1. The second kappa shape index (κ2) is 9.35. The monoisotopic (exact) mass is 424 g/mol. The molecule has 0 aliphatic carbocycles. The molecule has 1 saturated heterocycles. The zero-order chi connectivity index (χ0) is 20.9. The lowest BCUT2D eigenvalue weighted by molar-refractivity contribution is -0.131. The van der Waals surface area contributed by atoms with Crippen LogP contribution in [0.4, 0.5) is 0 Å². The molecule has 2 heterocycles. The van der Waals surface area contributed by atoms with Gasteiger partial charge in [-0.25, -0.2) is 4.98 Å². The minimum atomic E-state index is 0.126. The van der Waals surface area contributed by atoms with Crippen molar-refractivity contribution >= 4 is 17.5 Å². The fourth-order valence-electron chi connectivity index (χ4n) is 3.87. The largest absolute Gasteiger partial charge is 0.497 e. The van der Waals surface area contributed by atoms with Crippen LogP contribution in [0.1, 0.15) is 41.5 Å². The number of carbonyl (C=O) groups is 1. The predicted octanol–water partition coefficient (Wildman–Crippen LogP) is 4.88. The number of amides is 1. The molecule has 0 radical (unpaired) electrons. The lowest BCUT2D eigenvalue weighted by Gasteiger charge is -2.31. The van der Waals surface area contributed by atoms with E-state index in [1.807, 2.05) is 53.4 Å². The summed E-state index contributed by atoms with van der Waals surface area (Å²) in [6.07, 6.45) is 4.76. The Labute approximate surface area is 181 Å². The van der Waals surface area contributed by atoms with Crippen molar-refractivity contribution in [3.8, 4) is 5.75 Å². The number of oxazole rings is 1. The summed E-state index contributed by atoms with van der Waals surface area (Å²) in [5, 5.41) is 0.720. The number of carbonyl (C=O) groups excluding carboxylic acids is 1. The van der Waals surface area contributed by atoms with Crippen LogP contribution in [0, 0.1) is 0 Å². The molecule has 1 aliphatic heterocycles. The van der Waals surface area contributed by atoms with E-state index in [2.05, 4.69) is 4.98 Å². The van der Waals surface area contributed by atoms with Crippen LogP contribution in [-0.4, -0.2) is 36.0 Å². The molecule has 0 saturated carbocycles. The van der Waals surface area contributed by atoms with Crippen LogP contribution in [0.5, 0.6) is 5.75 Å². The van der Waals surface area contributed by atoms with E-state index in [0.717, 1.165) is 52.9 Å². The van der Waals surface area contributed by atoms with Gasteiger partial charge < -0.3 is 14.1 Å². The Morgan fingerprint density at radius 1 is 1.23 bits per heavy atom. The van der Waals surface area contributed by atoms with Crippen LogP contribution in [0.25, 0.3) is 0 Å². The Morgan fingerprint density at radius 3 is 2.87 bits per heavy atom. The van der Waals surface area contributed by atoms with Crippen molar-refractivity contribution in [1.29, 1.82) is 0 Å². The van der Waals surface area contributed by atoms with Gasteiger partial charge >= 0.3 is 0 Å². The minimum Gasteiger partial charge on any atom is -0.497 e. The van der Waals surface area contributed by atoms with E-state index in [4.69, 9.17) is 20.8 Å². The lowest BCUT2D eigenvalue weighted by Crippen LogP contribution is -2.40. The smallest absolute Gasteiger partial charge is 0.227 e. The van der Waals surface area contributed by atoms with Gasteiger partial charge in [-0.2, -0.15) is 0 Å². The van der Waals surface area contributed by atoms with Crippen molar-refractivity contribution in [3.05, 3.63) is 82.5 Å². The molecule has 0 spiro atoms. The van der Waals surface area contributed by atoms with Crippen molar-refractivity contribution in [3.63, 3.8) is 0 Å².